The van der Waals surface area contributed by atoms with E-state index >= 15 is 0 Å². The van der Waals surface area contributed by atoms with Gasteiger partial charge in [0.2, 0.25) is 0 Å². The Hall–Kier alpha value is -3.08. The van der Waals surface area contributed by atoms with Crippen molar-refractivity contribution in [3.8, 4) is 0 Å². The first-order valence-electron chi connectivity index (χ1n) is 9.51. The summed E-state index contributed by atoms with van der Waals surface area (Å²) in [5.41, 5.74) is 7.65. The average molecular weight is 376 g/mol. The van der Waals surface area contributed by atoms with Gasteiger partial charge in [0.1, 0.15) is 12.3 Å². The second kappa shape index (κ2) is 7.50. The Labute approximate surface area is 165 Å². The van der Waals surface area contributed by atoms with E-state index in [1.54, 1.807) is 4.90 Å². The zero-order chi connectivity index (χ0) is 19.7. The monoisotopic (exact) mass is 376 g/mol. The van der Waals surface area contributed by atoms with Gasteiger partial charge in [-0.1, -0.05) is 59.3 Å². The van der Waals surface area contributed by atoms with Crippen LogP contribution >= 0.6 is 0 Å². The van der Waals surface area contributed by atoms with Crippen molar-refractivity contribution in [2.45, 2.75) is 33.5 Å². The van der Waals surface area contributed by atoms with Gasteiger partial charge in [-0.3, -0.25) is 0 Å². The van der Waals surface area contributed by atoms with Crippen LogP contribution in [0.3, 0.4) is 0 Å². The quantitative estimate of drug-likeness (QED) is 0.803. The fourth-order valence-electron chi connectivity index (χ4n) is 3.92. The molecule has 0 N–H and O–H groups in total. The van der Waals surface area contributed by atoms with Crippen LogP contribution in [-0.4, -0.2) is 35.9 Å². The van der Waals surface area contributed by atoms with Crippen molar-refractivity contribution in [2.75, 3.05) is 13.1 Å². The standard InChI is InChI=1S/C23H24N2O3/c1-15-11-16(2)21(17(3)12-15)22-19-9-10-25(13-20(19)28-24-22)23(26)27-14-18-7-5-4-6-8-18/h4-9,11-12,20H,10,13-14H2,1-3H3. The first-order chi connectivity index (χ1) is 13.5. The number of carbonyl (C=O) groups is 1. The summed E-state index contributed by atoms with van der Waals surface area (Å²) in [4.78, 5) is 19.8. The Morgan fingerprint density at radius 1 is 1.18 bits per heavy atom. The summed E-state index contributed by atoms with van der Waals surface area (Å²) in [5, 5.41) is 4.36. The Bertz CT molecular complexity index is 940. The van der Waals surface area contributed by atoms with Crippen molar-refractivity contribution in [3.05, 3.63) is 81.9 Å². The lowest BCUT2D eigenvalue weighted by molar-refractivity contribution is 0.0503. The molecule has 5 nitrogen and oxygen atoms in total. The van der Waals surface area contributed by atoms with E-state index in [9.17, 15) is 4.79 Å². The van der Waals surface area contributed by atoms with E-state index in [4.69, 9.17) is 9.57 Å². The molecular weight excluding hydrogens is 352 g/mol. The van der Waals surface area contributed by atoms with Crippen LogP contribution < -0.4 is 0 Å². The van der Waals surface area contributed by atoms with E-state index in [-0.39, 0.29) is 18.8 Å². The fourth-order valence-corrected chi connectivity index (χ4v) is 3.92. The Kier molecular flexibility index (Phi) is 4.90. The van der Waals surface area contributed by atoms with Gasteiger partial charge >= 0.3 is 6.09 Å². The Balaban J connectivity index is 1.46. The zero-order valence-corrected chi connectivity index (χ0v) is 16.4. The van der Waals surface area contributed by atoms with Gasteiger partial charge < -0.3 is 14.5 Å². The first-order valence-corrected chi connectivity index (χ1v) is 9.51. The Morgan fingerprint density at radius 2 is 1.89 bits per heavy atom. The molecule has 1 unspecified atom stereocenters. The van der Waals surface area contributed by atoms with Gasteiger partial charge in [0.05, 0.1) is 6.54 Å². The molecule has 0 aromatic heterocycles. The maximum atomic E-state index is 12.4. The number of carbonyl (C=O) groups excluding carboxylic acids is 1. The van der Waals surface area contributed by atoms with Crippen LogP contribution in [0.25, 0.3) is 0 Å². The normalized spacial score (nSPS) is 18.1. The average Bonchev–Trinajstić information content (AvgIpc) is 3.09. The molecule has 0 saturated carbocycles. The van der Waals surface area contributed by atoms with Crippen molar-refractivity contribution in [2.24, 2.45) is 5.16 Å². The molecule has 0 saturated heterocycles. The summed E-state index contributed by atoms with van der Waals surface area (Å²) in [5.74, 6) is 0. The molecule has 0 bridgehead atoms. The lowest BCUT2D eigenvalue weighted by Gasteiger charge is -2.28. The van der Waals surface area contributed by atoms with E-state index < -0.39 is 0 Å². The number of hydrogen-bond donors (Lipinski definition) is 0. The van der Waals surface area contributed by atoms with Crippen LogP contribution in [0.15, 0.2) is 59.3 Å². The summed E-state index contributed by atoms with van der Waals surface area (Å²) < 4.78 is 5.44. The topological polar surface area (TPSA) is 51.1 Å². The van der Waals surface area contributed by atoms with E-state index in [2.05, 4.69) is 38.1 Å². The second-order valence-corrected chi connectivity index (χ2v) is 7.41. The van der Waals surface area contributed by atoms with E-state index in [0.717, 1.165) is 22.4 Å². The maximum absolute atomic E-state index is 12.4. The minimum Gasteiger partial charge on any atom is -0.445 e. The highest BCUT2D eigenvalue weighted by molar-refractivity contribution is 6.15. The number of amides is 1. The Morgan fingerprint density at radius 3 is 2.61 bits per heavy atom. The summed E-state index contributed by atoms with van der Waals surface area (Å²) >= 11 is 0. The fraction of sp³-hybridized carbons (Fsp3) is 0.304. The van der Waals surface area contributed by atoms with E-state index in [1.165, 1.54) is 16.7 Å². The molecule has 2 aromatic rings. The summed E-state index contributed by atoms with van der Waals surface area (Å²) in [6.07, 6.45) is 1.45. The van der Waals surface area contributed by atoms with Gasteiger partial charge in [-0.25, -0.2) is 4.79 Å². The lowest BCUT2D eigenvalue weighted by atomic mass is 9.89. The van der Waals surface area contributed by atoms with Gasteiger partial charge in [0, 0.05) is 17.7 Å². The lowest BCUT2D eigenvalue weighted by Crippen LogP contribution is -2.42. The molecule has 2 aliphatic heterocycles. The molecule has 5 heteroatoms. The zero-order valence-electron chi connectivity index (χ0n) is 16.4. The van der Waals surface area contributed by atoms with E-state index in [0.29, 0.717) is 13.1 Å². The van der Waals surface area contributed by atoms with Gasteiger partial charge in [0.15, 0.2) is 6.10 Å². The number of hydrogen-bond acceptors (Lipinski definition) is 4. The molecule has 2 aliphatic rings. The van der Waals surface area contributed by atoms with Crippen molar-refractivity contribution in [1.29, 1.82) is 0 Å². The van der Waals surface area contributed by atoms with Crippen LogP contribution in [0, 0.1) is 20.8 Å². The molecule has 144 valence electrons. The smallest absolute Gasteiger partial charge is 0.410 e. The minimum absolute atomic E-state index is 0.242. The molecular formula is C23H24N2O3. The number of fused-ring (bicyclic) bond motifs is 1. The highest BCUT2D eigenvalue weighted by atomic mass is 16.6. The molecule has 0 spiro atoms. The number of benzene rings is 2. The van der Waals surface area contributed by atoms with Gasteiger partial charge in [-0.15, -0.1) is 0 Å². The van der Waals surface area contributed by atoms with Crippen LogP contribution in [0.1, 0.15) is 27.8 Å². The van der Waals surface area contributed by atoms with Crippen LogP contribution in [0.5, 0.6) is 0 Å². The number of nitrogens with zero attached hydrogens (tertiary/aromatic N) is 2. The predicted molar refractivity (Wildman–Crippen MR) is 108 cm³/mol. The van der Waals surface area contributed by atoms with Gasteiger partial charge in [-0.2, -0.15) is 0 Å². The number of rotatable bonds is 3. The SMILES string of the molecule is Cc1cc(C)c(C2=NOC3CN(C(=O)OCc4ccccc4)CC=C23)c(C)c1. The highest BCUT2D eigenvalue weighted by Crippen LogP contribution is 2.30. The summed E-state index contributed by atoms with van der Waals surface area (Å²) in [6.45, 7) is 7.49. The number of ether oxygens (including phenoxy) is 1. The molecule has 2 aromatic carbocycles. The van der Waals surface area contributed by atoms with Crippen LogP contribution in [0.4, 0.5) is 4.79 Å². The summed E-state index contributed by atoms with van der Waals surface area (Å²) in [7, 11) is 0. The third-order valence-corrected chi connectivity index (χ3v) is 5.19. The second-order valence-electron chi connectivity index (χ2n) is 7.41. The molecule has 2 heterocycles. The minimum atomic E-state index is -0.334. The molecule has 4 rings (SSSR count). The van der Waals surface area contributed by atoms with Gasteiger partial charge in [0.25, 0.3) is 0 Å². The molecule has 28 heavy (non-hydrogen) atoms. The van der Waals surface area contributed by atoms with E-state index in [1.807, 2.05) is 36.4 Å². The highest BCUT2D eigenvalue weighted by Gasteiger charge is 2.36. The first kappa shape index (κ1) is 18.3. The predicted octanol–water partition coefficient (Wildman–Crippen LogP) is 4.29. The maximum Gasteiger partial charge on any atom is 0.410 e. The molecule has 1 atom stereocenters. The number of aryl methyl sites for hydroxylation is 3. The van der Waals surface area contributed by atoms with Gasteiger partial charge in [-0.05, 0) is 37.5 Å². The van der Waals surface area contributed by atoms with Crippen LogP contribution in [0.2, 0.25) is 0 Å². The van der Waals surface area contributed by atoms with Crippen LogP contribution in [-0.2, 0) is 16.2 Å². The summed E-state index contributed by atoms with van der Waals surface area (Å²) in [6, 6.07) is 14.0. The number of oxime groups is 1. The van der Waals surface area contributed by atoms with Crippen molar-refractivity contribution >= 4 is 11.8 Å². The largest absolute Gasteiger partial charge is 0.445 e. The van der Waals surface area contributed by atoms with Crippen molar-refractivity contribution in [1.82, 2.24) is 4.90 Å². The molecule has 0 fully saturated rings. The van der Waals surface area contributed by atoms with Crippen molar-refractivity contribution < 1.29 is 14.4 Å². The third-order valence-electron chi connectivity index (χ3n) is 5.19. The third kappa shape index (κ3) is 3.52. The molecule has 0 radical (unpaired) electrons. The van der Waals surface area contributed by atoms with Crippen molar-refractivity contribution in [3.63, 3.8) is 0 Å². The molecule has 1 amide bonds. The molecule has 0 aliphatic carbocycles.